The zero-order valence-electron chi connectivity index (χ0n) is 19.7. The number of ether oxygens (including phenoxy) is 5. The van der Waals surface area contributed by atoms with Gasteiger partial charge in [-0.3, -0.25) is 0 Å². The fraction of sp³-hybridized carbons (Fsp3) is 0.609. The van der Waals surface area contributed by atoms with Crippen molar-refractivity contribution >= 4 is 12.0 Å². The molecule has 202 valence electrons. The molecule has 2 aliphatic heterocycles. The van der Waals surface area contributed by atoms with Crippen LogP contribution in [0.1, 0.15) is 19.4 Å². The van der Waals surface area contributed by atoms with E-state index in [1.807, 2.05) is 0 Å². The summed E-state index contributed by atoms with van der Waals surface area (Å²) < 4.78 is 26.6. The fourth-order valence-electron chi connectivity index (χ4n) is 3.60. The lowest BCUT2D eigenvalue weighted by Crippen LogP contribution is -2.60. The molecule has 2 saturated heterocycles. The van der Waals surface area contributed by atoms with Gasteiger partial charge >= 0.3 is 5.97 Å². The van der Waals surface area contributed by atoms with Gasteiger partial charge < -0.3 is 59.4 Å². The Bertz CT molecular complexity index is 921. The average Bonchev–Trinajstić information content (AvgIpc) is 3.11. The average molecular weight is 516 g/mol. The van der Waals surface area contributed by atoms with Crippen molar-refractivity contribution in [3.8, 4) is 11.5 Å². The Morgan fingerprint density at radius 1 is 1.11 bits per heavy atom. The highest BCUT2D eigenvalue weighted by Crippen LogP contribution is 2.29. The van der Waals surface area contributed by atoms with Crippen LogP contribution in [0.5, 0.6) is 11.5 Å². The van der Waals surface area contributed by atoms with Crippen LogP contribution in [0.25, 0.3) is 6.08 Å². The van der Waals surface area contributed by atoms with E-state index in [-0.39, 0.29) is 24.2 Å². The van der Waals surface area contributed by atoms with Crippen molar-refractivity contribution < 1.29 is 64.2 Å². The number of aliphatic hydroxyl groups is 5. The van der Waals surface area contributed by atoms with Crippen molar-refractivity contribution in [2.75, 3.05) is 19.8 Å². The molecule has 3 rings (SSSR count). The molecule has 0 aliphatic carbocycles. The van der Waals surface area contributed by atoms with Crippen LogP contribution in [0.15, 0.2) is 24.3 Å². The summed E-state index contributed by atoms with van der Waals surface area (Å²) in [7, 11) is 0. The quantitative estimate of drug-likeness (QED) is 0.112. The third kappa shape index (κ3) is 6.70. The van der Waals surface area contributed by atoms with Crippen molar-refractivity contribution in [1.82, 2.24) is 0 Å². The van der Waals surface area contributed by atoms with E-state index >= 15 is 0 Å². The first kappa shape index (κ1) is 28.2. The largest absolute Gasteiger partial charge is 0.504 e. The SMILES string of the molecule is CC(C)O[C@H]1O[C@H](CO[C@@H]2OC[C@](O)(COC(=O)/C=C\c3ccc(O)c(O)c3)[C@H]2O)[C@H](O)[C@@H](O)[C@H]1O. The standard InChI is InChI=1S/C23H32O13/c1-11(2)35-21-19(29)18(28)17(27)15(36-21)8-32-22-20(30)23(31,10-34-22)9-33-16(26)6-4-12-3-5-13(24)14(25)7-12/h3-7,11,15,17-22,24-25,27-31H,8-10H2,1-2H3/b6-4-/t15-,17+,18-,19-,20+,21+,22-,23-/m1/s1. The molecular formula is C23H32O13. The normalized spacial score (nSPS) is 34.9. The summed E-state index contributed by atoms with van der Waals surface area (Å²) in [6.07, 6.45) is -7.93. The second-order valence-electron chi connectivity index (χ2n) is 8.95. The van der Waals surface area contributed by atoms with Gasteiger partial charge in [0.1, 0.15) is 37.1 Å². The number of aromatic hydroxyl groups is 2. The number of phenols is 2. The molecule has 13 heteroatoms. The van der Waals surface area contributed by atoms with Crippen molar-refractivity contribution in [2.24, 2.45) is 0 Å². The highest BCUT2D eigenvalue weighted by molar-refractivity contribution is 5.87. The van der Waals surface area contributed by atoms with Crippen LogP contribution in [-0.2, 0) is 28.5 Å². The van der Waals surface area contributed by atoms with Crippen molar-refractivity contribution in [1.29, 1.82) is 0 Å². The molecule has 0 aromatic heterocycles. The number of hydrogen-bond acceptors (Lipinski definition) is 13. The molecule has 0 unspecified atom stereocenters. The number of phenolic OH excluding ortho intramolecular Hbond substituents is 2. The number of hydrogen-bond donors (Lipinski definition) is 7. The highest BCUT2D eigenvalue weighted by atomic mass is 16.7. The van der Waals surface area contributed by atoms with Gasteiger partial charge in [-0.2, -0.15) is 0 Å². The molecule has 8 atom stereocenters. The first-order chi connectivity index (χ1) is 16.9. The third-order valence-electron chi connectivity index (χ3n) is 5.68. The van der Waals surface area contributed by atoms with Gasteiger partial charge in [-0.15, -0.1) is 0 Å². The molecule has 0 radical (unpaired) electrons. The number of esters is 1. The maximum atomic E-state index is 12.0. The molecule has 13 nitrogen and oxygen atoms in total. The van der Waals surface area contributed by atoms with E-state index < -0.39 is 67.9 Å². The van der Waals surface area contributed by atoms with Crippen LogP contribution < -0.4 is 0 Å². The van der Waals surface area contributed by atoms with E-state index in [0.29, 0.717) is 5.56 Å². The van der Waals surface area contributed by atoms with Crippen molar-refractivity contribution in [3.05, 3.63) is 29.8 Å². The van der Waals surface area contributed by atoms with Gasteiger partial charge in [0.05, 0.1) is 19.3 Å². The minimum atomic E-state index is -1.99. The van der Waals surface area contributed by atoms with Gasteiger partial charge in [0, 0.05) is 6.08 Å². The fourth-order valence-corrected chi connectivity index (χ4v) is 3.60. The van der Waals surface area contributed by atoms with E-state index in [9.17, 15) is 40.5 Å². The van der Waals surface area contributed by atoms with Gasteiger partial charge in [-0.05, 0) is 37.6 Å². The van der Waals surface area contributed by atoms with Crippen molar-refractivity contribution in [2.45, 2.75) is 68.7 Å². The summed E-state index contributed by atoms with van der Waals surface area (Å²) in [4.78, 5) is 12.0. The van der Waals surface area contributed by atoms with Crippen LogP contribution in [0, 0.1) is 0 Å². The molecule has 36 heavy (non-hydrogen) atoms. The van der Waals surface area contributed by atoms with Gasteiger partial charge in [-0.25, -0.2) is 4.79 Å². The third-order valence-corrected chi connectivity index (χ3v) is 5.68. The van der Waals surface area contributed by atoms with Crippen molar-refractivity contribution in [3.63, 3.8) is 0 Å². The summed E-state index contributed by atoms with van der Waals surface area (Å²) in [5, 5.41) is 70.2. The van der Waals surface area contributed by atoms with E-state index in [1.54, 1.807) is 13.8 Å². The monoisotopic (exact) mass is 516 g/mol. The van der Waals surface area contributed by atoms with Crippen LogP contribution in [-0.4, -0.2) is 116 Å². The molecule has 7 N–H and O–H groups in total. The Morgan fingerprint density at radius 3 is 2.50 bits per heavy atom. The molecule has 2 aliphatic rings. The zero-order chi connectivity index (χ0) is 26.6. The number of benzene rings is 1. The van der Waals surface area contributed by atoms with Gasteiger partial charge in [0.25, 0.3) is 0 Å². The Morgan fingerprint density at radius 2 is 1.83 bits per heavy atom. The maximum Gasteiger partial charge on any atom is 0.330 e. The van der Waals surface area contributed by atoms with E-state index in [1.165, 1.54) is 24.3 Å². The van der Waals surface area contributed by atoms with E-state index in [4.69, 9.17) is 23.7 Å². The summed E-state index contributed by atoms with van der Waals surface area (Å²) in [5.74, 6) is -1.53. The maximum absolute atomic E-state index is 12.0. The lowest BCUT2D eigenvalue weighted by Gasteiger charge is -2.41. The molecule has 1 aromatic carbocycles. The molecule has 2 fully saturated rings. The topological polar surface area (TPSA) is 205 Å². The molecular weight excluding hydrogens is 484 g/mol. The first-order valence-electron chi connectivity index (χ1n) is 11.3. The van der Waals surface area contributed by atoms with Crippen LogP contribution in [0.4, 0.5) is 0 Å². The van der Waals surface area contributed by atoms with Gasteiger partial charge in [0.2, 0.25) is 0 Å². The molecule has 0 saturated carbocycles. The molecule has 1 aromatic rings. The van der Waals surface area contributed by atoms with Gasteiger partial charge in [-0.1, -0.05) is 6.07 Å². The smallest absolute Gasteiger partial charge is 0.330 e. The number of carbonyl (C=O) groups is 1. The van der Waals surface area contributed by atoms with Crippen LogP contribution >= 0.6 is 0 Å². The minimum Gasteiger partial charge on any atom is -0.504 e. The number of carbonyl (C=O) groups excluding carboxylic acids is 1. The predicted octanol–water partition coefficient (Wildman–Crippen LogP) is -1.65. The van der Waals surface area contributed by atoms with Crippen LogP contribution in [0.3, 0.4) is 0 Å². The molecule has 0 spiro atoms. The van der Waals surface area contributed by atoms with E-state index in [0.717, 1.165) is 6.08 Å². The first-order valence-corrected chi connectivity index (χ1v) is 11.3. The second-order valence-corrected chi connectivity index (χ2v) is 8.95. The summed E-state index contributed by atoms with van der Waals surface area (Å²) in [6, 6.07) is 3.92. The summed E-state index contributed by atoms with van der Waals surface area (Å²) in [6.45, 7) is 1.95. The molecule has 0 bridgehead atoms. The lowest BCUT2D eigenvalue weighted by atomic mass is 9.99. The Labute approximate surface area is 206 Å². The number of aliphatic hydroxyl groups excluding tert-OH is 4. The van der Waals surface area contributed by atoms with Gasteiger partial charge in [0.15, 0.2) is 29.7 Å². The number of rotatable bonds is 9. The Kier molecular flexibility index (Phi) is 9.27. The zero-order valence-corrected chi connectivity index (χ0v) is 19.7. The second kappa shape index (κ2) is 11.8. The predicted molar refractivity (Wildman–Crippen MR) is 119 cm³/mol. The Hall–Kier alpha value is -2.33. The highest BCUT2D eigenvalue weighted by Gasteiger charge is 2.51. The molecule has 2 heterocycles. The van der Waals surface area contributed by atoms with Crippen LogP contribution in [0.2, 0.25) is 0 Å². The minimum absolute atomic E-state index is 0.314. The summed E-state index contributed by atoms with van der Waals surface area (Å²) in [5.41, 5.74) is -1.58. The summed E-state index contributed by atoms with van der Waals surface area (Å²) >= 11 is 0. The lowest BCUT2D eigenvalue weighted by molar-refractivity contribution is -0.316. The van der Waals surface area contributed by atoms with E-state index in [2.05, 4.69) is 0 Å². The Balaban J connectivity index is 1.50. The molecule has 0 amide bonds.